The van der Waals surface area contributed by atoms with Crippen molar-refractivity contribution in [2.24, 2.45) is 0 Å². The molecule has 2 N–H and O–H groups in total. The van der Waals surface area contributed by atoms with E-state index in [9.17, 15) is 9.90 Å². The highest BCUT2D eigenvalue weighted by Gasteiger charge is 2.10. The van der Waals surface area contributed by atoms with Gasteiger partial charge in [0, 0.05) is 5.69 Å². The molecule has 5 nitrogen and oxygen atoms in total. The lowest BCUT2D eigenvalue weighted by molar-refractivity contribution is 0.444. The van der Waals surface area contributed by atoms with Gasteiger partial charge in [0.25, 0.3) is 5.56 Å². The molecule has 0 unspecified atom stereocenters. The van der Waals surface area contributed by atoms with Crippen LogP contribution in [0.4, 0.5) is 0 Å². The Bertz CT molecular complexity index is 605. The summed E-state index contributed by atoms with van der Waals surface area (Å²) in [6.45, 7) is 3.64. The summed E-state index contributed by atoms with van der Waals surface area (Å²) in [7, 11) is 0. The predicted octanol–water partition coefficient (Wildman–Crippen LogP) is 1.41. The van der Waals surface area contributed by atoms with Gasteiger partial charge in [0.2, 0.25) is 5.88 Å². The number of aromatic hydroxyl groups is 1. The summed E-state index contributed by atoms with van der Waals surface area (Å²) in [6, 6.07) is 5.40. The van der Waals surface area contributed by atoms with E-state index in [1.165, 1.54) is 0 Å². The minimum absolute atomic E-state index is 0.227. The SMILES string of the molecule is CCc1c(O)nc(-c2cccc(C)n2)[nH]c1=O. The van der Waals surface area contributed by atoms with Crippen LogP contribution in [0.1, 0.15) is 18.2 Å². The number of aromatic amines is 1. The van der Waals surface area contributed by atoms with E-state index in [2.05, 4.69) is 15.0 Å². The van der Waals surface area contributed by atoms with E-state index < -0.39 is 0 Å². The van der Waals surface area contributed by atoms with E-state index in [1.54, 1.807) is 13.0 Å². The Kier molecular flexibility index (Phi) is 2.91. The number of nitrogens with zero attached hydrogens (tertiary/aromatic N) is 2. The van der Waals surface area contributed by atoms with E-state index in [-0.39, 0.29) is 17.3 Å². The number of nitrogens with one attached hydrogen (secondary N) is 1. The van der Waals surface area contributed by atoms with Gasteiger partial charge in [0.05, 0.1) is 5.56 Å². The summed E-state index contributed by atoms with van der Waals surface area (Å²) >= 11 is 0. The van der Waals surface area contributed by atoms with Gasteiger partial charge in [-0.1, -0.05) is 13.0 Å². The summed E-state index contributed by atoms with van der Waals surface area (Å²) in [5, 5.41) is 9.64. The van der Waals surface area contributed by atoms with Gasteiger partial charge in [0.15, 0.2) is 5.82 Å². The number of H-pyrrole nitrogens is 1. The van der Waals surface area contributed by atoms with Gasteiger partial charge in [-0.3, -0.25) is 4.79 Å². The highest BCUT2D eigenvalue weighted by atomic mass is 16.3. The zero-order chi connectivity index (χ0) is 12.4. The lowest BCUT2D eigenvalue weighted by Crippen LogP contribution is -2.14. The third-order valence-corrected chi connectivity index (χ3v) is 2.48. The van der Waals surface area contributed by atoms with E-state index >= 15 is 0 Å². The Morgan fingerprint density at radius 2 is 2.12 bits per heavy atom. The van der Waals surface area contributed by atoms with Crippen molar-refractivity contribution >= 4 is 0 Å². The molecular weight excluding hydrogens is 218 g/mol. The second kappa shape index (κ2) is 4.37. The third-order valence-electron chi connectivity index (χ3n) is 2.48. The zero-order valence-electron chi connectivity index (χ0n) is 9.69. The van der Waals surface area contributed by atoms with Gasteiger partial charge in [-0.25, -0.2) is 4.98 Å². The van der Waals surface area contributed by atoms with Gasteiger partial charge < -0.3 is 10.1 Å². The summed E-state index contributed by atoms with van der Waals surface area (Å²) in [5.74, 6) is 0.0583. The number of rotatable bonds is 2. The molecule has 0 bridgehead atoms. The predicted molar refractivity (Wildman–Crippen MR) is 63.9 cm³/mol. The molecule has 0 amide bonds. The maximum atomic E-state index is 11.7. The summed E-state index contributed by atoms with van der Waals surface area (Å²) in [5.41, 5.74) is 1.34. The van der Waals surface area contributed by atoms with Crippen molar-refractivity contribution in [1.29, 1.82) is 0 Å². The van der Waals surface area contributed by atoms with E-state index in [1.807, 2.05) is 19.1 Å². The normalized spacial score (nSPS) is 10.5. The number of aromatic nitrogens is 3. The first-order chi connectivity index (χ1) is 8.11. The van der Waals surface area contributed by atoms with Crippen LogP contribution in [0.15, 0.2) is 23.0 Å². The number of aryl methyl sites for hydroxylation is 1. The fourth-order valence-corrected chi connectivity index (χ4v) is 1.60. The molecule has 2 rings (SSSR count). The van der Waals surface area contributed by atoms with Gasteiger partial charge in [-0.15, -0.1) is 0 Å². The monoisotopic (exact) mass is 231 g/mol. The van der Waals surface area contributed by atoms with Crippen molar-refractivity contribution in [3.8, 4) is 17.4 Å². The van der Waals surface area contributed by atoms with Gasteiger partial charge in [-0.2, -0.15) is 4.98 Å². The average molecular weight is 231 g/mol. The molecule has 2 aromatic heterocycles. The van der Waals surface area contributed by atoms with Gasteiger partial charge in [-0.05, 0) is 25.5 Å². The van der Waals surface area contributed by atoms with Crippen LogP contribution in [0.2, 0.25) is 0 Å². The maximum Gasteiger partial charge on any atom is 0.258 e. The minimum atomic E-state index is -0.321. The molecule has 0 aliphatic carbocycles. The third kappa shape index (κ3) is 2.18. The van der Waals surface area contributed by atoms with Crippen LogP contribution in [0.25, 0.3) is 11.5 Å². The molecule has 0 atom stereocenters. The fraction of sp³-hybridized carbons (Fsp3) is 0.250. The molecule has 88 valence electrons. The summed E-state index contributed by atoms with van der Waals surface area (Å²) in [4.78, 5) is 22.5. The Balaban J connectivity index is 2.58. The lowest BCUT2D eigenvalue weighted by atomic mass is 10.2. The maximum absolute atomic E-state index is 11.7. The molecule has 0 saturated heterocycles. The average Bonchev–Trinajstić information content (AvgIpc) is 2.28. The highest BCUT2D eigenvalue weighted by Crippen LogP contribution is 2.16. The van der Waals surface area contributed by atoms with Crippen molar-refractivity contribution in [2.45, 2.75) is 20.3 Å². The molecule has 0 aliphatic heterocycles. The first kappa shape index (κ1) is 11.3. The zero-order valence-corrected chi connectivity index (χ0v) is 9.69. The Morgan fingerprint density at radius 3 is 2.71 bits per heavy atom. The summed E-state index contributed by atoms with van der Waals surface area (Å²) < 4.78 is 0. The van der Waals surface area contributed by atoms with Crippen molar-refractivity contribution in [1.82, 2.24) is 15.0 Å². The fourth-order valence-electron chi connectivity index (χ4n) is 1.60. The molecule has 5 heteroatoms. The molecular formula is C12H13N3O2. The molecule has 0 saturated carbocycles. The second-order valence-electron chi connectivity index (χ2n) is 3.73. The number of hydrogen-bond donors (Lipinski definition) is 2. The lowest BCUT2D eigenvalue weighted by Gasteiger charge is -2.04. The van der Waals surface area contributed by atoms with Crippen molar-refractivity contribution in [3.05, 3.63) is 39.8 Å². The molecule has 2 aromatic rings. The van der Waals surface area contributed by atoms with Gasteiger partial charge >= 0.3 is 0 Å². The summed E-state index contributed by atoms with van der Waals surface area (Å²) in [6.07, 6.45) is 0.440. The van der Waals surface area contributed by atoms with Crippen molar-refractivity contribution in [2.75, 3.05) is 0 Å². The van der Waals surface area contributed by atoms with E-state index in [4.69, 9.17) is 0 Å². The molecule has 2 heterocycles. The largest absolute Gasteiger partial charge is 0.493 e. The molecule has 0 fully saturated rings. The second-order valence-corrected chi connectivity index (χ2v) is 3.73. The number of pyridine rings is 1. The van der Waals surface area contributed by atoms with Crippen LogP contribution >= 0.6 is 0 Å². The first-order valence-corrected chi connectivity index (χ1v) is 5.38. The van der Waals surface area contributed by atoms with Crippen LogP contribution in [0.3, 0.4) is 0 Å². The van der Waals surface area contributed by atoms with Crippen molar-refractivity contribution < 1.29 is 5.11 Å². The van der Waals surface area contributed by atoms with Crippen LogP contribution in [0, 0.1) is 6.92 Å². The molecule has 0 aliphatic rings. The van der Waals surface area contributed by atoms with Crippen LogP contribution in [-0.4, -0.2) is 20.1 Å². The van der Waals surface area contributed by atoms with E-state index in [0.717, 1.165) is 5.69 Å². The Morgan fingerprint density at radius 1 is 1.35 bits per heavy atom. The smallest absolute Gasteiger partial charge is 0.258 e. The molecule has 0 spiro atoms. The minimum Gasteiger partial charge on any atom is -0.493 e. The van der Waals surface area contributed by atoms with Crippen LogP contribution < -0.4 is 5.56 Å². The van der Waals surface area contributed by atoms with Crippen LogP contribution in [-0.2, 0) is 6.42 Å². The molecule has 17 heavy (non-hydrogen) atoms. The molecule has 0 aromatic carbocycles. The van der Waals surface area contributed by atoms with E-state index in [0.29, 0.717) is 17.7 Å². The standard InChI is InChI=1S/C12H13N3O2/c1-3-8-11(16)14-10(15-12(8)17)9-6-4-5-7(2)13-9/h4-6H,3H2,1-2H3,(H2,14,15,16,17). The van der Waals surface area contributed by atoms with Crippen LogP contribution in [0.5, 0.6) is 5.88 Å². The Labute approximate surface area is 98.2 Å². The first-order valence-electron chi connectivity index (χ1n) is 5.38. The highest BCUT2D eigenvalue weighted by molar-refractivity contribution is 5.50. The topological polar surface area (TPSA) is 78.9 Å². The molecule has 0 radical (unpaired) electrons. The Hall–Kier alpha value is -2.17. The quantitative estimate of drug-likeness (QED) is 0.819. The number of hydrogen-bond acceptors (Lipinski definition) is 4. The van der Waals surface area contributed by atoms with Crippen molar-refractivity contribution in [3.63, 3.8) is 0 Å². The van der Waals surface area contributed by atoms with Gasteiger partial charge in [0.1, 0.15) is 5.69 Å².